The summed E-state index contributed by atoms with van der Waals surface area (Å²) in [6.45, 7) is 6.46. The highest BCUT2D eigenvalue weighted by Crippen LogP contribution is 2.14. The predicted molar refractivity (Wildman–Crippen MR) is 88.3 cm³/mol. The molecule has 0 radical (unpaired) electrons. The lowest BCUT2D eigenvalue weighted by Crippen LogP contribution is -2.41. The van der Waals surface area contributed by atoms with Crippen LogP contribution in [0.2, 0.25) is 0 Å². The van der Waals surface area contributed by atoms with E-state index in [0.29, 0.717) is 44.3 Å². The van der Waals surface area contributed by atoms with Gasteiger partial charge in [-0.15, -0.1) is 10.2 Å². The van der Waals surface area contributed by atoms with Crippen molar-refractivity contribution in [2.24, 2.45) is 5.92 Å². The van der Waals surface area contributed by atoms with Crippen molar-refractivity contribution >= 4 is 11.8 Å². The zero-order valence-corrected chi connectivity index (χ0v) is 14.9. The molecule has 8 nitrogen and oxygen atoms in total. The van der Waals surface area contributed by atoms with Crippen molar-refractivity contribution in [2.75, 3.05) is 40.3 Å². The molecule has 1 unspecified atom stereocenters. The Balaban J connectivity index is 1.93. The summed E-state index contributed by atoms with van der Waals surface area (Å²) in [5.41, 5.74) is 0. The molecule has 2 rings (SSSR count). The number of nitrogens with zero attached hydrogens (tertiary/aromatic N) is 4. The molecule has 2 amide bonds. The number of rotatable bonds is 5. The van der Waals surface area contributed by atoms with Gasteiger partial charge in [-0.3, -0.25) is 9.59 Å². The SMILES string of the molecule is CNC(=O)C1CN(C)CCN(C(=O)CCc2nnc(C(C)C)o2)C1. The van der Waals surface area contributed by atoms with E-state index in [1.807, 2.05) is 20.9 Å². The Morgan fingerprint density at radius 2 is 2.04 bits per heavy atom. The van der Waals surface area contributed by atoms with Crippen LogP contribution in [0.4, 0.5) is 0 Å². The molecule has 0 aliphatic carbocycles. The predicted octanol–water partition coefficient (Wildman–Crippen LogP) is 0.262. The number of nitrogens with one attached hydrogen (secondary N) is 1. The summed E-state index contributed by atoms with van der Waals surface area (Å²) >= 11 is 0. The van der Waals surface area contributed by atoms with Crippen LogP contribution in [0.25, 0.3) is 0 Å². The summed E-state index contributed by atoms with van der Waals surface area (Å²) in [4.78, 5) is 28.3. The number of likely N-dealkylation sites (N-methyl/N-ethyl adjacent to an activating group) is 1. The van der Waals surface area contributed by atoms with Crippen molar-refractivity contribution in [3.05, 3.63) is 11.8 Å². The largest absolute Gasteiger partial charge is 0.425 e. The molecule has 0 bridgehead atoms. The minimum Gasteiger partial charge on any atom is -0.425 e. The fourth-order valence-electron chi connectivity index (χ4n) is 2.74. The van der Waals surface area contributed by atoms with E-state index < -0.39 is 0 Å². The fraction of sp³-hybridized carbons (Fsp3) is 0.750. The lowest BCUT2D eigenvalue weighted by molar-refractivity contribution is -0.132. The molecule has 1 fully saturated rings. The molecule has 24 heavy (non-hydrogen) atoms. The maximum absolute atomic E-state index is 12.5. The summed E-state index contributed by atoms with van der Waals surface area (Å²) in [5, 5.41) is 10.6. The summed E-state index contributed by atoms with van der Waals surface area (Å²) in [6.07, 6.45) is 0.736. The van der Waals surface area contributed by atoms with Crippen LogP contribution in [0.15, 0.2) is 4.42 Å². The number of amides is 2. The minimum atomic E-state index is -0.206. The number of carbonyl (C=O) groups excluding carboxylic acids is 2. The Morgan fingerprint density at radius 3 is 2.67 bits per heavy atom. The van der Waals surface area contributed by atoms with Crippen LogP contribution < -0.4 is 5.32 Å². The van der Waals surface area contributed by atoms with E-state index in [9.17, 15) is 9.59 Å². The molecule has 1 aromatic rings. The molecule has 134 valence electrons. The van der Waals surface area contributed by atoms with Gasteiger partial charge in [0.15, 0.2) is 0 Å². The molecule has 8 heteroatoms. The first-order chi connectivity index (χ1) is 11.4. The van der Waals surface area contributed by atoms with Crippen LogP contribution in [0.1, 0.15) is 38.0 Å². The Kier molecular flexibility index (Phi) is 6.30. The van der Waals surface area contributed by atoms with Crippen LogP contribution in [0.5, 0.6) is 0 Å². The topological polar surface area (TPSA) is 91.6 Å². The number of aromatic nitrogens is 2. The Bertz CT molecular complexity index is 572. The van der Waals surface area contributed by atoms with Crippen molar-refractivity contribution in [1.29, 1.82) is 0 Å². The lowest BCUT2D eigenvalue weighted by atomic mass is 10.1. The molecule has 0 spiro atoms. The van der Waals surface area contributed by atoms with Gasteiger partial charge in [0, 0.05) is 52.0 Å². The zero-order chi connectivity index (χ0) is 17.7. The van der Waals surface area contributed by atoms with E-state index in [0.717, 1.165) is 6.54 Å². The third-order valence-corrected chi connectivity index (χ3v) is 4.22. The molecule has 1 aliphatic rings. The molecular weight excluding hydrogens is 310 g/mol. The number of carbonyl (C=O) groups is 2. The van der Waals surface area contributed by atoms with E-state index in [4.69, 9.17) is 4.42 Å². The highest BCUT2D eigenvalue weighted by molar-refractivity contribution is 5.81. The minimum absolute atomic E-state index is 0.0171. The highest BCUT2D eigenvalue weighted by atomic mass is 16.4. The van der Waals surface area contributed by atoms with Gasteiger partial charge in [0.05, 0.1) is 5.92 Å². The summed E-state index contributed by atoms with van der Waals surface area (Å²) in [5.74, 6) is 1.04. The summed E-state index contributed by atoms with van der Waals surface area (Å²) < 4.78 is 5.54. The molecule has 0 saturated carbocycles. The molecule has 1 N–H and O–H groups in total. The Morgan fingerprint density at radius 1 is 1.29 bits per heavy atom. The number of aryl methyl sites for hydroxylation is 1. The van der Waals surface area contributed by atoms with Gasteiger partial charge in [-0.05, 0) is 7.05 Å². The third-order valence-electron chi connectivity index (χ3n) is 4.22. The maximum atomic E-state index is 12.5. The Hall–Kier alpha value is -1.96. The monoisotopic (exact) mass is 337 g/mol. The second-order valence-electron chi connectivity index (χ2n) is 6.60. The van der Waals surface area contributed by atoms with E-state index in [2.05, 4.69) is 20.4 Å². The summed E-state index contributed by atoms with van der Waals surface area (Å²) in [6, 6.07) is 0. The van der Waals surface area contributed by atoms with Crippen molar-refractivity contribution in [1.82, 2.24) is 25.3 Å². The van der Waals surface area contributed by atoms with Crippen LogP contribution in [0.3, 0.4) is 0 Å². The van der Waals surface area contributed by atoms with Gasteiger partial charge in [0.1, 0.15) is 0 Å². The van der Waals surface area contributed by atoms with E-state index >= 15 is 0 Å². The average molecular weight is 337 g/mol. The fourth-order valence-corrected chi connectivity index (χ4v) is 2.74. The zero-order valence-electron chi connectivity index (χ0n) is 14.9. The first kappa shape index (κ1) is 18.4. The average Bonchev–Trinajstić information content (AvgIpc) is 2.95. The third kappa shape index (κ3) is 4.77. The number of hydrogen-bond donors (Lipinski definition) is 1. The van der Waals surface area contributed by atoms with E-state index in [-0.39, 0.29) is 23.7 Å². The van der Waals surface area contributed by atoms with Gasteiger partial charge in [0.2, 0.25) is 23.6 Å². The molecule has 1 aliphatic heterocycles. The highest BCUT2D eigenvalue weighted by Gasteiger charge is 2.28. The quantitative estimate of drug-likeness (QED) is 0.829. The van der Waals surface area contributed by atoms with Crippen molar-refractivity contribution in [3.8, 4) is 0 Å². The van der Waals surface area contributed by atoms with Crippen molar-refractivity contribution in [2.45, 2.75) is 32.6 Å². The maximum Gasteiger partial charge on any atom is 0.225 e. The normalized spacial score (nSPS) is 19.4. The molecule has 2 heterocycles. The van der Waals surface area contributed by atoms with Gasteiger partial charge in [0.25, 0.3) is 0 Å². The van der Waals surface area contributed by atoms with Crippen LogP contribution in [-0.2, 0) is 16.0 Å². The lowest BCUT2D eigenvalue weighted by Gasteiger charge is -2.23. The van der Waals surface area contributed by atoms with Gasteiger partial charge in [-0.2, -0.15) is 0 Å². The first-order valence-corrected chi connectivity index (χ1v) is 8.41. The van der Waals surface area contributed by atoms with Gasteiger partial charge in [-0.1, -0.05) is 13.8 Å². The first-order valence-electron chi connectivity index (χ1n) is 8.41. The standard InChI is InChI=1S/C16H27N5O3/c1-11(2)16-19-18-13(24-16)5-6-14(22)21-8-7-20(4)9-12(10-21)15(23)17-3/h11-12H,5-10H2,1-4H3,(H,17,23). The van der Waals surface area contributed by atoms with Gasteiger partial charge < -0.3 is 19.5 Å². The second kappa shape index (κ2) is 8.23. The van der Waals surface area contributed by atoms with Crippen LogP contribution in [-0.4, -0.2) is 72.1 Å². The van der Waals surface area contributed by atoms with Crippen LogP contribution in [0, 0.1) is 5.92 Å². The molecule has 1 atom stereocenters. The van der Waals surface area contributed by atoms with Gasteiger partial charge in [-0.25, -0.2) is 0 Å². The van der Waals surface area contributed by atoms with E-state index in [1.165, 1.54) is 0 Å². The van der Waals surface area contributed by atoms with Crippen LogP contribution >= 0.6 is 0 Å². The molecule has 1 aromatic heterocycles. The number of hydrogen-bond acceptors (Lipinski definition) is 6. The Labute approximate surface area is 142 Å². The second-order valence-corrected chi connectivity index (χ2v) is 6.60. The van der Waals surface area contributed by atoms with E-state index in [1.54, 1.807) is 11.9 Å². The van der Waals surface area contributed by atoms with Gasteiger partial charge >= 0.3 is 0 Å². The van der Waals surface area contributed by atoms with Crippen molar-refractivity contribution in [3.63, 3.8) is 0 Å². The molecule has 0 aromatic carbocycles. The smallest absolute Gasteiger partial charge is 0.225 e. The molecule has 1 saturated heterocycles. The van der Waals surface area contributed by atoms with Crippen molar-refractivity contribution < 1.29 is 14.0 Å². The molecular formula is C16H27N5O3. The summed E-state index contributed by atoms with van der Waals surface area (Å²) in [7, 11) is 3.59.